The highest BCUT2D eigenvalue weighted by molar-refractivity contribution is 5.87. The first kappa shape index (κ1) is 51.5. The van der Waals surface area contributed by atoms with Gasteiger partial charge in [-0.3, -0.25) is 14.4 Å². The number of carbonyl (C=O) groups is 4. The Morgan fingerprint density at radius 3 is 1.64 bits per heavy atom. The van der Waals surface area contributed by atoms with Crippen molar-refractivity contribution in [3.05, 3.63) is 60.8 Å². The SMILES string of the molecule is CCCC/C=C\C/C=C\C(CCCCCCC(=O)NCC(=O)NC(CO)C(=O)O)OC(=O)CCCCCCCC/C=C\C/C=C\C/C=C\CCCCCCC. The van der Waals surface area contributed by atoms with Crippen LogP contribution in [0.5, 0.6) is 0 Å². The summed E-state index contributed by atoms with van der Waals surface area (Å²) in [6.07, 6.45) is 48.5. The number of carboxylic acids is 1. The summed E-state index contributed by atoms with van der Waals surface area (Å²) in [5.41, 5.74) is 0. The van der Waals surface area contributed by atoms with Crippen molar-refractivity contribution < 1.29 is 34.1 Å². The lowest BCUT2D eigenvalue weighted by Gasteiger charge is -2.15. The lowest BCUT2D eigenvalue weighted by Crippen LogP contribution is -2.47. The molecule has 0 saturated carbocycles. The maximum Gasteiger partial charge on any atom is 0.328 e. The van der Waals surface area contributed by atoms with E-state index in [1.807, 2.05) is 6.08 Å². The van der Waals surface area contributed by atoms with Crippen molar-refractivity contribution in [2.75, 3.05) is 13.2 Å². The molecule has 0 spiro atoms. The molecule has 9 nitrogen and oxygen atoms in total. The predicted molar refractivity (Wildman–Crippen MR) is 227 cm³/mol. The van der Waals surface area contributed by atoms with Crippen LogP contribution in [0, 0.1) is 0 Å². The molecule has 55 heavy (non-hydrogen) atoms. The number of carbonyl (C=O) groups excluding carboxylic acids is 3. The summed E-state index contributed by atoms with van der Waals surface area (Å²) in [5, 5.41) is 22.5. The van der Waals surface area contributed by atoms with Crippen molar-refractivity contribution in [3.8, 4) is 0 Å². The Morgan fingerprint density at radius 2 is 1.05 bits per heavy atom. The highest BCUT2D eigenvalue weighted by Gasteiger charge is 2.18. The maximum atomic E-state index is 12.7. The van der Waals surface area contributed by atoms with Gasteiger partial charge in [-0.05, 0) is 83.1 Å². The summed E-state index contributed by atoms with van der Waals surface area (Å²) in [6, 6.07) is -1.39. The number of aliphatic hydroxyl groups excluding tert-OH is 1. The number of carboxylic acid groups (broad SMARTS) is 1. The van der Waals surface area contributed by atoms with Gasteiger partial charge in [0.25, 0.3) is 0 Å². The zero-order valence-electron chi connectivity index (χ0n) is 34.7. The summed E-state index contributed by atoms with van der Waals surface area (Å²) in [5.74, 6) is -2.45. The molecule has 0 fully saturated rings. The zero-order chi connectivity index (χ0) is 40.5. The molecular formula is C46H78N2O7. The van der Waals surface area contributed by atoms with Crippen molar-refractivity contribution >= 4 is 23.8 Å². The second kappa shape index (κ2) is 40.2. The third kappa shape index (κ3) is 37.2. The van der Waals surface area contributed by atoms with E-state index in [2.05, 4.69) is 79.2 Å². The van der Waals surface area contributed by atoms with Crippen molar-refractivity contribution in [2.45, 2.75) is 193 Å². The third-order valence-electron chi connectivity index (χ3n) is 9.22. The number of allylic oxidation sites excluding steroid dienone is 9. The van der Waals surface area contributed by atoms with Crippen molar-refractivity contribution in [2.24, 2.45) is 0 Å². The fourth-order valence-corrected chi connectivity index (χ4v) is 5.83. The monoisotopic (exact) mass is 771 g/mol. The normalized spacial score (nSPS) is 13.1. The van der Waals surface area contributed by atoms with E-state index in [-0.39, 0.29) is 30.9 Å². The van der Waals surface area contributed by atoms with Crippen LogP contribution >= 0.6 is 0 Å². The molecule has 0 aliphatic rings. The van der Waals surface area contributed by atoms with E-state index in [1.54, 1.807) is 0 Å². The van der Waals surface area contributed by atoms with E-state index in [1.165, 1.54) is 70.6 Å². The van der Waals surface area contributed by atoms with Crippen molar-refractivity contribution in [1.82, 2.24) is 10.6 Å². The highest BCUT2D eigenvalue weighted by Crippen LogP contribution is 2.15. The van der Waals surface area contributed by atoms with Crippen LogP contribution in [-0.4, -0.2) is 59.3 Å². The van der Waals surface area contributed by atoms with Crippen LogP contribution in [0.15, 0.2) is 60.8 Å². The van der Waals surface area contributed by atoms with Crippen LogP contribution in [0.3, 0.4) is 0 Å². The van der Waals surface area contributed by atoms with Gasteiger partial charge in [-0.1, -0.05) is 146 Å². The van der Waals surface area contributed by atoms with E-state index < -0.39 is 24.5 Å². The first-order valence-electron chi connectivity index (χ1n) is 21.7. The van der Waals surface area contributed by atoms with Crippen LogP contribution in [-0.2, 0) is 23.9 Å². The van der Waals surface area contributed by atoms with Gasteiger partial charge in [0, 0.05) is 12.8 Å². The number of hydrogen-bond donors (Lipinski definition) is 4. The Balaban J connectivity index is 4.21. The molecule has 0 aliphatic heterocycles. The molecular weight excluding hydrogens is 693 g/mol. The minimum absolute atomic E-state index is 0.143. The van der Waals surface area contributed by atoms with Gasteiger partial charge >= 0.3 is 11.9 Å². The van der Waals surface area contributed by atoms with E-state index in [0.717, 1.165) is 77.0 Å². The number of unbranched alkanes of at least 4 members (excludes halogenated alkanes) is 16. The van der Waals surface area contributed by atoms with Crippen LogP contribution in [0.4, 0.5) is 0 Å². The van der Waals surface area contributed by atoms with E-state index in [4.69, 9.17) is 14.9 Å². The molecule has 0 aromatic carbocycles. The van der Waals surface area contributed by atoms with Gasteiger partial charge in [-0.15, -0.1) is 0 Å². The van der Waals surface area contributed by atoms with Crippen LogP contribution in [0.1, 0.15) is 181 Å². The molecule has 0 heterocycles. The molecule has 2 amide bonds. The molecule has 0 aromatic rings. The Labute approximate surface area is 334 Å². The van der Waals surface area contributed by atoms with Gasteiger partial charge < -0.3 is 25.6 Å². The number of rotatable bonds is 38. The predicted octanol–water partition coefficient (Wildman–Crippen LogP) is 10.5. The second-order valence-electron chi connectivity index (χ2n) is 14.4. The van der Waals surface area contributed by atoms with Gasteiger partial charge in [-0.25, -0.2) is 4.79 Å². The Bertz CT molecular complexity index is 1110. The number of amides is 2. The number of ether oxygens (including phenoxy) is 1. The summed E-state index contributed by atoms with van der Waals surface area (Å²) in [7, 11) is 0. The van der Waals surface area contributed by atoms with E-state index >= 15 is 0 Å². The van der Waals surface area contributed by atoms with Gasteiger partial charge in [0.2, 0.25) is 11.8 Å². The zero-order valence-corrected chi connectivity index (χ0v) is 34.7. The first-order valence-corrected chi connectivity index (χ1v) is 21.7. The molecule has 0 radical (unpaired) electrons. The molecule has 4 N–H and O–H groups in total. The fourth-order valence-electron chi connectivity index (χ4n) is 5.83. The summed E-state index contributed by atoms with van der Waals surface area (Å²) < 4.78 is 5.87. The smallest absolute Gasteiger partial charge is 0.328 e. The Kier molecular flexibility index (Phi) is 37.7. The summed E-state index contributed by atoms with van der Waals surface area (Å²) in [4.78, 5) is 47.5. The molecule has 2 atom stereocenters. The standard InChI is InChI=1S/C46H78N2O7/c1-3-5-7-9-11-12-13-14-15-16-17-18-19-20-21-22-23-24-26-28-34-38-45(52)55-41(35-31-27-25-10-8-6-4-2)36-32-29-30-33-37-43(50)47-39-44(51)48-42(40-49)46(53)54/h10,13-14,16-17,19-20,25,31,35,41-42,49H,3-9,11-12,15,18,21-24,26-30,32-34,36-40H2,1-2H3,(H,47,50)(H,48,51)(H,53,54)/b14-13-,17-16-,20-19-,25-10-,35-31-. The second-order valence-corrected chi connectivity index (χ2v) is 14.4. The van der Waals surface area contributed by atoms with Gasteiger partial charge in [0.1, 0.15) is 12.1 Å². The molecule has 0 saturated heterocycles. The molecule has 0 rings (SSSR count). The van der Waals surface area contributed by atoms with Gasteiger partial charge in [-0.2, -0.15) is 0 Å². The molecule has 9 heteroatoms. The van der Waals surface area contributed by atoms with Crippen LogP contribution in [0.25, 0.3) is 0 Å². The number of nitrogens with one attached hydrogen (secondary N) is 2. The van der Waals surface area contributed by atoms with Gasteiger partial charge in [0.15, 0.2) is 0 Å². The minimum atomic E-state index is -1.39. The molecule has 2 unspecified atom stereocenters. The molecule has 0 aromatic heterocycles. The first-order chi connectivity index (χ1) is 26.8. The average molecular weight is 771 g/mol. The topological polar surface area (TPSA) is 142 Å². The largest absolute Gasteiger partial charge is 0.480 e. The Morgan fingerprint density at radius 1 is 0.564 bits per heavy atom. The third-order valence-corrected chi connectivity index (χ3v) is 9.22. The van der Waals surface area contributed by atoms with Crippen molar-refractivity contribution in [1.29, 1.82) is 0 Å². The Hall–Kier alpha value is -3.46. The quantitative estimate of drug-likeness (QED) is 0.0278. The van der Waals surface area contributed by atoms with Crippen molar-refractivity contribution in [3.63, 3.8) is 0 Å². The average Bonchev–Trinajstić information content (AvgIpc) is 3.17. The fraction of sp³-hybridized carbons (Fsp3) is 0.696. The number of hydrogen-bond acceptors (Lipinski definition) is 6. The highest BCUT2D eigenvalue weighted by atomic mass is 16.5. The molecule has 0 aliphatic carbocycles. The van der Waals surface area contributed by atoms with Crippen LogP contribution in [0.2, 0.25) is 0 Å². The van der Waals surface area contributed by atoms with E-state index in [9.17, 15) is 19.2 Å². The van der Waals surface area contributed by atoms with E-state index in [0.29, 0.717) is 12.8 Å². The summed E-state index contributed by atoms with van der Waals surface area (Å²) in [6.45, 7) is 3.37. The van der Waals surface area contributed by atoms with Crippen LogP contribution < -0.4 is 10.6 Å². The number of aliphatic carboxylic acids is 1. The lowest BCUT2D eigenvalue weighted by atomic mass is 10.1. The number of aliphatic hydroxyl groups is 1. The maximum absolute atomic E-state index is 12.7. The molecule has 0 bridgehead atoms. The number of esters is 1. The summed E-state index contributed by atoms with van der Waals surface area (Å²) >= 11 is 0. The molecule has 314 valence electrons. The lowest BCUT2D eigenvalue weighted by molar-refractivity contribution is -0.147. The minimum Gasteiger partial charge on any atom is -0.480 e. The van der Waals surface area contributed by atoms with Gasteiger partial charge in [0.05, 0.1) is 13.2 Å².